The summed E-state index contributed by atoms with van der Waals surface area (Å²) in [5.74, 6) is -16.4. The smallest absolute Gasteiger partial charge is 0.331 e. The highest BCUT2D eigenvalue weighted by Crippen LogP contribution is 2.31. The lowest BCUT2D eigenvalue weighted by atomic mass is 9.87. The van der Waals surface area contributed by atoms with E-state index in [0.29, 0.717) is 6.08 Å². The number of nitro groups is 1. The number of carbonyl (C=O) groups is 6. The van der Waals surface area contributed by atoms with Crippen molar-refractivity contribution in [1.82, 2.24) is 0 Å². The number of rotatable bonds is 6. The molecule has 0 N–H and O–H groups in total. The fourth-order valence-electron chi connectivity index (χ4n) is 3.37. The molecule has 13 heteroatoms. The lowest BCUT2D eigenvalue weighted by Gasteiger charge is -2.33. The average molecular weight is 489 g/mol. The monoisotopic (exact) mass is 489 g/mol. The van der Waals surface area contributed by atoms with Crippen LogP contribution < -0.4 is 0 Å². The Balaban J connectivity index is 2.13. The molecule has 0 bridgehead atoms. The van der Waals surface area contributed by atoms with Gasteiger partial charge in [0.1, 0.15) is 0 Å². The van der Waals surface area contributed by atoms with Gasteiger partial charge in [0.2, 0.25) is 11.8 Å². The molecule has 1 aromatic carbocycles. The highest BCUT2D eigenvalue weighted by atomic mass is 16.8. The van der Waals surface area contributed by atoms with Gasteiger partial charge in [-0.1, -0.05) is 12.1 Å². The highest BCUT2D eigenvalue weighted by molar-refractivity contribution is 6.37. The third-order valence-electron chi connectivity index (χ3n) is 4.82. The van der Waals surface area contributed by atoms with Gasteiger partial charge in [0, 0.05) is 33.8 Å². The second-order valence-electron chi connectivity index (χ2n) is 8.45. The molecule has 2 saturated heterocycles. The number of esters is 4. The predicted molar refractivity (Wildman–Crippen MR) is 111 cm³/mol. The Morgan fingerprint density at radius 3 is 1.54 bits per heavy atom. The fourth-order valence-corrected chi connectivity index (χ4v) is 3.37. The molecule has 35 heavy (non-hydrogen) atoms. The van der Waals surface area contributed by atoms with Gasteiger partial charge in [0.15, 0.2) is 11.6 Å². The number of cyclic esters (lactones) is 4. The quantitative estimate of drug-likeness (QED) is 0.138. The molecule has 1 aromatic rings. The topological polar surface area (TPSA) is 182 Å². The Labute approximate surface area is 197 Å². The van der Waals surface area contributed by atoms with Crippen LogP contribution in [-0.2, 0) is 47.7 Å². The van der Waals surface area contributed by atoms with Crippen molar-refractivity contribution >= 4 is 47.2 Å². The first-order valence-corrected chi connectivity index (χ1v) is 10.1. The number of hydrogen-bond donors (Lipinski definition) is 0. The van der Waals surface area contributed by atoms with Gasteiger partial charge < -0.3 is 18.9 Å². The van der Waals surface area contributed by atoms with Gasteiger partial charge in [-0.05, 0) is 12.1 Å². The Bertz CT molecular complexity index is 1110. The van der Waals surface area contributed by atoms with E-state index in [9.17, 15) is 38.9 Å². The van der Waals surface area contributed by atoms with E-state index < -0.39 is 75.0 Å². The summed E-state index contributed by atoms with van der Waals surface area (Å²) in [6.07, 6.45) is 0.698. The summed E-state index contributed by atoms with van der Waals surface area (Å²) in [4.78, 5) is 86.9. The van der Waals surface area contributed by atoms with E-state index in [1.54, 1.807) is 0 Å². The summed E-state index contributed by atoms with van der Waals surface area (Å²) in [7, 11) is 0. The number of carbonyl (C=O) groups excluding carboxylic acids is 6. The number of ether oxygens (including phenoxy) is 4. The van der Waals surface area contributed by atoms with Gasteiger partial charge in [-0.25, -0.2) is 0 Å². The van der Waals surface area contributed by atoms with Crippen molar-refractivity contribution in [2.24, 2.45) is 11.8 Å². The molecule has 184 valence electrons. The molecule has 0 amide bonds. The first-order valence-electron chi connectivity index (χ1n) is 10.1. The van der Waals surface area contributed by atoms with Crippen molar-refractivity contribution in [3.63, 3.8) is 0 Å². The summed E-state index contributed by atoms with van der Waals surface area (Å²) in [5.41, 5.74) is -1.88. The van der Waals surface area contributed by atoms with Crippen molar-refractivity contribution in [3.8, 4) is 0 Å². The molecule has 0 aromatic heterocycles. The number of allylic oxidation sites excluding steroid dienone is 1. The van der Waals surface area contributed by atoms with E-state index in [-0.39, 0.29) is 5.56 Å². The Morgan fingerprint density at radius 1 is 0.800 bits per heavy atom. The van der Waals surface area contributed by atoms with Crippen molar-refractivity contribution < 1.29 is 52.6 Å². The van der Waals surface area contributed by atoms with Crippen molar-refractivity contribution in [2.75, 3.05) is 0 Å². The Hall–Kier alpha value is -4.42. The molecule has 0 radical (unpaired) electrons. The lowest BCUT2D eigenvalue weighted by molar-refractivity contribution is -0.385. The molecule has 13 nitrogen and oxygen atoms in total. The minimum atomic E-state index is -2.28. The molecular weight excluding hydrogens is 470 g/mol. The fraction of sp³-hybridized carbons (Fsp3) is 0.364. The zero-order chi connectivity index (χ0) is 26.3. The number of ketones is 2. The van der Waals surface area contributed by atoms with Gasteiger partial charge in [0.05, 0.1) is 16.1 Å². The lowest BCUT2D eigenvalue weighted by Crippen LogP contribution is -2.52. The number of benzene rings is 1. The van der Waals surface area contributed by atoms with Crippen LogP contribution in [0.2, 0.25) is 0 Å². The van der Waals surface area contributed by atoms with Gasteiger partial charge in [-0.3, -0.25) is 38.9 Å². The van der Waals surface area contributed by atoms with Crippen LogP contribution in [0.1, 0.15) is 33.3 Å². The number of Topliss-reactive ketones (excluding diaryl/α,β-unsaturated/α-hetero) is 2. The summed E-state index contributed by atoms with van der Waals surface area (Å²) < 4.78 is 19.6. The maximum absolute atomic E-state index is 13.3. The number of nitrogens with zero attached hydrogens (tertiary/aromatic N) is 1. The van der Waals surface area contributed by atoms with Gasteiger partial charge in [-0.2, -0.15) is 0 Å². The van der Waals surface area contributed by atoms with Gasteiger partial charge in [-0.15, -0.1) is 0 Å². The first kappa shape index (κ1) is 25.2. The minimum absolute atomic E-state index is 0.287. The summed E-state index contributed by atoms with van der Waals surface area (Å²) in [6, 6.07) is 4.90. The normalized spacial score (nSPS) is 19.5. The van der Waals surface area contributed by atoms with Crippen LogP contribution in [0.5, 0.6) is 0 Å². The van der Waals surface area contributed by atoms with E-state index in [4.69, 9.17) is 18.9 Å². The minimum Gasteiger partial charge on any atom is -0.422 e. The largest absolute Gasteiger partial charge is 0.422 e. The summed E-state index contributed by atoms with van der Waals surface area (Å²) in [6.45, 7) is 4.92. The highest BCUT2D eigenvalue weighted by Gasteiger charge is 2.53. The average Bonchev–Trinajstić information content (AvgIpc) is 2.68. The van der Waals surface area contributed by atoms with Crippen LogP contribution in [0.15, 0.2) is 29.8 Å². The van der Waals surface area contributed by atoms with Crippen LogP contribution in [-0.4, -0.2) is 51.9 Å². The van der Waals surface area contributed by atoms with Crippen LogP contribution in [0, 0.1) is 22.0 Å². The van der Waals surface area contributed by atoms with Crippen molar-refractivity contribution in [3.05, 3.63) is 45.5 Å². The second-order valence-corrected chi connectivity index (χ2v) is 8.45. The Kier molecular flexibility index (Phi) is 6.29. The SMILES string of the molecule is CC1(C)OC(=O)C(C(=O)C(=Cc2ccccc2[N+](=O)[O-])C(=O)C2C(=O)OC(C)(C)OC2=O)C(=O)O1. The molecule has 0 atom stereocenters. The van der Waals surface area contributed by atoms with Crippen LogP contribution in [0.25, 0.3) is 6.08 Å². The van der Waals surface area contributed by atoms with Crippen LogP contribution in [0.3, 0.4) is 0 Å². The predicted octanol–water partition coefficient (Wildman–Crippen LogP) is 1.02. The molecule has 3 rings (SSSR count). The van der Waals surface area contributed by atoms with Crippen molar-refractivity contribution in [1.29, 1.82) is 0 Å². The molecule has 0 unspecified atom stereocenters. The third-order valence-corrected chi connectivity index (χ3v) is 4.82. The molecule has 2 heterocycles. The molecule has 2 aliphatic heterocycles. The summed E-state index contributed by atoms with van der Waals surface area (Å²) >= 11 is 0. The van der Waals surface area contributed by atoms with Gasteiger partial charge >= 0.3 is 23.9 Å². The van der Waals surface area contributed by atoms with Crippen LogP contribution >= 0.6 is 0 Å². The molecule has 0 aliphatic carbocycles. The zero-order valence-corrected chi connectivity index (χ0v) is 18.9. The third kappa shape index (κ3) is 5.08. The molecule has 2 aliphatic rings. The number of hydrogen-bond acceptors (Lipinski definition) is 12. The summed E-state index contributed by atoms with van der Waals surface area (Å²) in [5, 5.41) is 11.4. The Morgan fingerprint density at radius 2 is 1.17 bits per heavy atom. The number of nitro benzene ring substituents is 1. The first-order chi connectivity index (χ1) is 16.1. The van der Waals surface area contributed by atoms with E-state index >= 15 is 0 Å². The van der Waals surface area contributed by atoms with E-state index in [0.717, 1.165) is 6.07 Å². The van der Waals surface area contributed by atoms with E-state index in [2.05, 4.69) is 0 Å². The molecular formula is C22H19NO12. The van der Waals surface area contributed by atoms with Crippen LogP contribution in [0.4, 0.5) is 5.69 Å². The molecule has 2 fully saturated rings. The standard InChI is InChI=1S/C22H19NO12/c1-21(2)32-17(26)13(18(27)33-21)15(24)11(9-10-7-5-6-8-12(10)23(30)31)16(25)14-19(28)34-22(3,4)35-20(14)29/h5-9,13-14H,1-4H3. The second kappa shape index (κ2) is 8.74. The zero-order valence-electron chi connectivity index (χ0n) is 18.9. The maximum Gasteiger partial charge on any atom is 0.331 e. The maximum atomic E-state index is 13.3. The van der Waals surface area contributed by atoms with Crippen molar-refractivity contribution in [2.45, 2.75) is 39.3 Å². The van der Waals surface area contributed by atoms with E-state index in [1.165, 1.54) is 45.9 Å². The number of para-hydroxylation sites is 1. The molecule has 0 saturated carbocycles. The van der Waals surface area contributed by atoms with E-state index in [1.807, 2.05) is 0 Å². The molecule has 0 spiro atoms. The van der Waals surface area contributed by atoms with Gasteiger partial charge in [0.25, 0.3) is 17.3 Å².